The summed E-state index contributed by atoms with van der Waals surface area (Å²) in [6.45, 7) is 16.0. The third-order valence-corrected chi connectivity index (χ3v) is 4.74. The molecule has 1 unspecified atom stereocenters. The van der Waals surface area contributed by atoms with Gasteiger partial charge in [-0.1, -0.05) is 20.8 Å². The maximum atomic E-state index is 14.6. The molecule has 0 N–H and O–H groups in total. The zero-order valence-electron chi connectivity index (χ0n) is 13.7. The van der Waals surface area contributed by atoms with Crippen molar-refractivity contribution < 1.29 is 9.13 Å². The molecule has 0 amide bonds. The standard InChI is InChI=1S/C16H31FN2O/c1-12(2)19-11-14(17)13(15(19)16(3,4)5)10-18-6-8-20-9-7-18/h12-15H,6-11H2,1-5H3/t13?,14-,15-/m0/s1. The Bertz CT molecular complexity index is 310. The average Bonchev–Trinajstić information content (AvgIpc) is 2.68. The summed E-state index contributed by atoms with van der Waals surface area (Å²) < 4.78 is 20.0. The number of hydrogen-bond donors (Lipinski definition) is 0. The summed E-state index contributed by atoms with van der Waals surface area (Å²) in [6, 6.07) is 0.729. The fourth-order valence-electron chi connectivity index (χ4n) is 3.86. The van der Waals surface area contributed by atoms with Gasteiger partial charge in [0.2, 0.25) is 0 Å². The molecule has 118 valence electrons. The molecule has 3 nitrogen and oxygen atoms in total. The number of likely N-dealkylation sites (tertiary alicyclic amines) is 1. The molecule has 0 bridgehead atoms. The van der Waals surface area contributed by atoms with Crippen LogP contribution in [0.5, 0.6) is 0 Å². The number of alkyl halides is 1. The normalized spacial score (nSPS) is 34.0. The van der Waals surface area contributed by atoms with Crippen molar-refractivity contribution in [1.29, 1.82) is 0 Å². The molecule has 0 saturated carbocycles. The number of hydrogen-bond acceptors (Lipinski definition) is 3. The van der Waals surface area contributed by atoms with Gasteiger partial charge in [-0.3, -0.25) is 9.80 Å². The van der Waals surface area contributed by atoms with E-state index in [2.05, 4.69) is 44.4 Å². The lowest BCUT2D eigenvalue weighted by Gasteiger charge is -2.42. The van der Waals surface area contributed by atoms with E-state index in [0.29, 0.717) is 18.6 Å². The molecule has 0 aromatic heterocycles. The Balaban J connectivity index is 2.11. The smallest absolute Gasteiger partial charge is 0.118 e. The van der Waals surface area contributed by atoms with Crippen molar-refractivity contribution in [2.45, 2.75) is 52.9 Å². The fraction of sp³-hybridized carbons (Fsp3) is 1.00. The summed E-state index contributed by atoms with van der Waals surface area (Å²) in [6.07, 6.45) is -0.704. The van der Waals surface area contributed by atoms with Crippen LogP contribution in [0.2, 0.25) is 0 Å². The summed E-state index contributed by atoms with van der Waals surface area (Å²) in [5.41, 5.74) is 0.113. The molecule has 2 saturated heterocycles. The summed E-state index contributed by atoms with van der Waals surface area (Å²) in [7, 11) is 0. The largest absolute Gasteiger partial charge is 0.379 e. The molecule has 2 rings (SSSR count). The van der Waals surface area contributed by atoms with Gasteiger partial charge in [-0.05, 0) is 19.3 Å². The zero-order chi connectivity index (χ0) is 14.9. The minimum Gasteiger partial charge on any atom is -0.379 e. The first-order chi connectivity index (χ1) is 9.30. The number of ether oxygens (including phenoxy) is 1. The van der Waals surface area contributed by atoms with Gasteiger partial charge in [-0.2, -0.15) is 0 Å². The van der Waals surface area contributed by atoms with Gasteiger partial charge in [0.1, 0.15) is 6.17 Å². The minimum absolute atomic E-state index is 0.113. The molecule has 4 heteroatoms. The fourth-order valence-corrected chi connectivity index (χ4v) is 3.86. The summed E-state index contributed by atoms with van der Waals surface area (Å²) in [5.74, 6) is 0.121. The lowest BCUT2D eigenvalue weighted by Crippen LogP contribution is -2.50. The van der Waals surface area contributed by atoms with Crippen molar-refractivity contribution in [1.82, 2.24) is 9.80 Å². The van der Waals surface area contributed by atoms with Crippen LogP contribution in [-0.4, -0.2) is 67.4 Å². The van der Waals surface area contributed by atoms with E-state index in [0.717, 1.165) is 32.8 Å². The molecule has 0 aromatic carbocycles. The monoisotopic (exact) mass is 286 g/mol. The number of morpholine rings is 1. The molecule has 0 aliphatic carbocycles. The van der Waals surface area contributed by atoms with E-state index in [1.165, 1.54) is 0 Å². The van der Waals surface area contributed by atoms with Crippen molar-refractivity contribution >= 4 is 0 Å². The molecule has 2 aliphatic heterocycles. The third kappa shape index (κ3) is 3.52. The van der Waals surface area contributed by atoms with Gasteiger partial charge in [0.05, 0.1) is 13.2 Å². The van der Waals surface area contributed by atoms with Crippen LogP contribution < -0.4 is 0 Å². The molecule has 20 heavy (non-hydrogen) atoms. The Labute approximate surface area is 123 Å². The first kappa shape index (κ1) is 16.2. The van der Waals surface area contributed by atoms with Gasteiger partial charge in [0.15, 0.2) is 0 Å². The summed E-state index contributed by atoms with van der Waals surface area (Å²) in [4.78, 5) is 4.75. The topological polar surface area (TPSA) is 15.7 Å². The van der Waals surface area contributed by atoms with Crippen molar-refractivity contribution in [3.63, 3.8) is 0 Å². The Kier molecular flexibility index (Phi) is 5.09. The highest BCUT2D eigenvalue weighted by atomic mass is 19.1. The van der Waals surface area contributed by atoms with Crippen LogP contribution in [0.1, 0.15) is 34.6 Å². The molecule has 2 heterocycles. The second-order valence-corrected chi connectivity index (χ2v) is 7.69. The maximum Gasteiger partial charge on any atom is 0.118 e. The van der Waals surface area contributed by atoms with E-state index >= 15 is 0 Å². The zero-order valence-corrected chi connectivity index (χ0v) is 13.7. The van der Waals surface area contributed by atoms with Crippen molar-refractivity contribution in [3.8, 4) is 0 Å². The van der Waals surface area contributed by atoms with E-state index in [4.69, 9.17) is 4.74 Å². The first-order valence-electron chi connectivity index (χ1n) is 8.00. The Morgan fingerprint density at radius 1 is 1.20 bits per heavy atom. The van der Waals surface area contributed by atoms with E-state index in [1.54, 1.807) is 0 Å². The Hall–Kier alpha value is -0.190. The Morgan fingerprint density at radius 3 is 2.30 bits per heavy atom. The van der Waals surface area contributed by atoms with Crippen molar-refractivity contribution in [2.24, 2.45) is 11.3 Å². The highest BCUT2D eigenvalue weighted by Crippen LogP contribution is 2.40. The van der Waals surface area contributed by atoms with Crippen LogP contribution >= 0.6 is 0 Å². The van der Waals surface area contributed by atoms with Crippen LogP contribution in [0.25, 0.3) is 0 Å². The maximum absolute atomic E-state index is 14.6. The van der Waals surface area contributed by atoms with Crippen LogP contribution in [0, 0.1) is 11.3 Å². The summed E-state index contributed by atoms with van der Waals surface area (Å²) >= 11 is 0. The molecule has 3 atom stereocenters. The van der Waals surface area contributed by atoms with Crippen LogP contribution in [0.15, 0.2) is 0 Å². The lowest BCUT2D eigenvalue weighted by molar-refractivity contribution is 0.0118. The molecule has 0 radical (unpaired) electrons. The van der Waals surface area contributed by atoms with E-state index in [1.807, 2.05) is 0 Å². The first-order valence-corrected chi connectivity index (χ1v) is 8.00. The minimum atomic E-state index is -0.704. The van der Waals surface area contributed by atoms with Crippen LogP contribution in [0.3, 0.4) is 0 Å². The SMILES string of the molecule is CC(C)N1C[C@H](F)C(CN2CCOCC2)[C@H]1C(C)(C)C. The molecule has 0 aromatic rings. The van der Waals surface area contributed by atoms with Gasteiger partial charge >= 0.3 is 0 Å². The predicted molar refractivity (Wildman–Crippen MR) is 80.7 cm³/mol. The molecular formula is C16H31FN2O. The van der Waals surface area contributed by atoms with Crippen molar-refractivity contribution in [3.05, 3.63) is 0 Å². The highest BCUT2D eigenvalue weighted by molar-refractivity contribution is 5.01. The van der Waals surface area contributed by atoms with Gasteiger partial charge in [-0.25, -0.2) is 4.39 Å². The molecular weight excluding hydrogens is 255 g/mol. The second-order valence-electron chi connectivity index (χ2n) is 7.69. The quantitative estimate of drug-likeness (QED) is 0.792. The number of nitrogens with zero attached hydrogens (tertiary/aromatic N) is 2. The van der Waals surface area contributed by atoms with Gasteiger partial charge in [-0.15, -0.1) is 0 Å². The molecule has 0 spiro atoms. The van der Waals surface area contributed by atoms with Gasteiger partial charge in [0, 0.05) is 44.2 Å². The van der Waals surface area contributed by atoms with Crippen LogP contribution in [-0.2, 0) is 4.74 Å². The average molecular weight is 286 g/mol. The third-order valence-electron chi connectivity index (χ3n) is 4.74. The van der Waals surface area contributed by atoms with E-state index < -0.39 is 6.17 Å². The predicted octanol–water partition coefficient (Wildman–Crippen LogP) is 2.41. The molecule has 2 aliphatic rings. The summed E-state index contributed by atoms with van der Waals surface area (Å²) in [5, 5.41) is 0. The van der Waals surface area contributed by atoms with Crippen LogP contribution in [0.4, 0.5) is 4.39 Å². The van der Waals surface area contributed by atoms with Gasteiger partial charge in [0.25, 0.3) is 0 Å². The van der Waals surface area contributed by atoms with Crippen molar-refractivity contribution in [2.75, 3.05) is 39.4 Å². The lowest BCUT2D eigenvalue weighted by atomic mass is 9.78. The van der Waals surface area contributed by atoms with E-state index in [-0.39, 0.29) is 11.3 Å². The highest BCUT2D eigenvalue weighted by Gasteiger charge is 2.48. The number of halogens is 1. The Morgan fingerprint density at radius 2 is 1.80 bits per heavy atom. The van der Waals surface area contributed by atoms with Gasteiger partial charge < -0.3 is 4.74 Å². The van der Waals surface area contributed by atoms with E-state index in [9.17, 15) is 4.39 Å². The second kappa shape index (κ2) is 6.29. The molecule has 2 fully saturated rings. The number of rotatable bonds is 3.